The van der Waals surface area contributed by atoms with E-state index in [2.05, 4.69) is 243 Å². The van der Waals surface area contributed by atoms with Crippen molar-refractivity contribution in [3.8, 4) is 0 Å². The van der Waals surface area contributed by atoms with Crippen LogP contribution in [0.3, 0.4) is 0 Å². The van der Waals surface area contributed by atoms with Gasteiger partial charge in [0.2, 0.25) is 0 Å². The van der Waals surface area contributed by atoms with E-state index in [0.717, 1.165) is 0 Å². The fourth-order valence-electron chi connectivity index (χ4n) is 10.3. The summed E-state index contributed by atoms with van der Waals surface area (Å²) >= 11 is 9.63. The van der Waals surface area contributed by atoms with Gasteiger partial charge in [-0.25, -0.2) is 0 Å². The van der Waals surface area contributed by atoms with Crippen molar-refractivity contribution >= 4 is 75.9 Å². The lowest BCUT2D eigenvalue weighted by Crippen LogP contribution is -2.50. The van der Waals surface area contributed by atoms with E-state index < -0.39 is 10.5 Å². The molecule has 0 nitrogen and oxygen atoms in total. The zero-order valence-corrected chi connectivity index (χ0v) is 36.2. The van der Waals surface area contributed by atoms with E-state index in [1.807, 2.05) is 0 Å². The average molecular weight is 894 g/mol. The summed E-state index contributed by atoms with van der Waals surface area (Å²) < 4.78 is 0. The van der Waals surface area contributed by atoms with E-state index in [0.29, 0.717) is 0 Å². The van der Waals surface area contributed by atoms with Gasteiger partial charge in [-0.1, -0.05) is 243 Å². The van der Waals surface area contributed by atoms with Gasteiger partial charge in [0.15, 0.2) is 0 Å². The summed E-state index contributed by atoms with van der Waals surface area (Å²) in [6.45, 7) is 0. The summed E-state index contributed by atoms with van der Waals surface area (Å²) in [4.78, 5) is 0. The molecule has 0 saturated carbocycles. The normalized spacial score (nSPS) is 17.4. The van der Waals surface area contributed by atoms with Gasteiger partial charge in [0.25, 0.3) is 11.1 Å². The molecule has 0 amide bonds. The Kier molecular flexibility index (Phi) is 10.4. The molecule has 8 aromatic carbocycles. The van der Waals surface area contributed by atoms with Gasteiger partial charge in [-0.2, -0.15) is 15.8 Å². The predicted molar refractivity (Wildman–Crippen MR) is 265 cm³/mol. The van der Waals surface area contributed by atoms with Gasteiger partial charge in [-0.05, 0) is 77.8 Å². The minimum atomic E-state index is -0.756. The highest BCUT2D eigenvalue weighted by molar-refractivity contribution is 9.26. The highest BCUT2D eigenvalue weighted by Gasteiger charge is 2.71. The Morgan fingerprint density at radius 2 is 0.583 bits per heavy atom. The van der Waals surface area contributed by atoms with Gasteiger partial charge in [-0.15, -0.1) is 15.8 Å². The van der Waals surface area contributed by atoms with Crippen molar-refractivity contribution in [3.05, 3.63) is 287 Å². The van der Waals surface area contributed by atoms with Crippen molar-refractivity contribution in [1.82, 2.24) is 0 Å². The Morgan fingerprint density at radius 1 is 0.283 bits per heavy atom. The van der Waals surface area contributed by atoms with E-state index in [1.165, 1.54) is 77.8 Å². The first kappa shape index (κ1) is 38.3. The zero-order valence-electron chi connectivity index (χ0n) is 33.0. The monoisotopic (exact) mass is 892 g/mol. The summed E-state index contributed by atoms with van der Waals surface area (Å²) in [7, 11) is 0. The minimum Gasteiger partial charge on any atom is -0.154 e. The SMILES string of the molecule is BrB1C(c2ccccc2)=C(c2ccccc2)C(c2ccccc2)=C(c2ccccc2)C12B(Br)C(c1ccccc1)(c1ccccc1)C(c1ccccc1)=C2c1ccccc1. The summed E-state index contributed by atoms with van der Waals surface area (Å²) in [6.07, 6.45) is 0. The molecule has 10 rings (SSSR count). The maximum atomic E-state index is 4.86. The van der Waals surface area contributed by atoms with Crippen LogP contribution in [-0.2, 0) is 5.31 Å². The number of allylic oxidation sites excluding steroid dienone is 5. The molecule has 60 heavy (non-hydrogen) atoms. The molecule has 0 aliphatic carbocycles. The van der Waals surface area contributed by atoms with E-state index in [1.54, 1.807) is 0 Å². The minimum absolute atomic E-state index is 0.234. The third kappa shape index (κ3) is 6.03. The van der Waals surface area contributed by atoms with Gasteiger partial charge in [-0.3, -0.25) is 0 Å². The van der Waals surface area contributed by atoms with Crippen LogP contribution in [0.5, 0.6) is 0 Å². The lowest BCUT2D eigenvalue weighted by Gasteiger charge is -2.49. The molecule has 1 atom stereocenters. The first-order valence-corrected chi connectivity index (χ1v) is 22.5. The van der Waals surface area contributed by atoms with Crippen LogP contribution in [0.1, 0.15) is 44.5 Å². The number of halogens is 2. The van der Waals surface area contributed by atoms with Crippen LogP contribution in [0.4, 0.5) is 0 Å². The number of rotatable bonds is 8. The summed E-state index contributed by atoms with van der Waals surface area (Å²) in [5, 5.41) is -1.44. The molecule has 0 fully saturated rings. The molecule has 0 N–H and O–H groups in total. The molecule has 0 bridgehead atoms. The van der Waals surface area contributed by atoms with Gasteiger partial charge in [0.05, 0.1) is 0 Å². The molecular formula is C56H40B2Br2. The van der Waals surface area contributed by atoms with Crippen LogP contribution in [0.25, 0.3) is 33.3 Å². The van der Waals surface area contributed by atoms with Gasteiger partial charge >= 0.3 is 0 Å². The molecule has 0 saturated heterocycles. The van der Waals surface area contributed by atoms with E-state index in [-0.39, 0.29) is 11.1 Å². The largest absolute Gasteiger partial charge is 0.265 e. The second-order valence-corrected chi connectivity index (χ2v) is 17.5. The molecule has 2 aliphatic rings. The maximum Gasteiger partial charge on any atom is 0.265 e. The highest BCUT2D eigenvalue weighted by Crippen LogP contribution is 2.77. The van der Waals surface area contributed by atoms with E-state index >= 15 is 0 Å². The molecule has 2 heterocycles. The third-order valence-corrected chi connectivity index (χ3v) is 15.1. The van der Waals surface area contributed by atoms with E-state index in [9.17, 15) is 0 Å². The lowest BCUT2D eigenvalue weighted by molar-refractivity contribution is 0.931. The fraction of sp³-hybridized carbons (Fsp3) is 0.0357. The van der Waals surface area contributed by atoms with Crippen molar-refractivity contribution in [2.24, 2.45) is 0 Å². The van der Waals surface area contributed by atoms with Gasteiger partial charge in [0.1, 0.15) is 0 Å². The standard InChI is InChI=1S/C56H40B2Br2/c59-57-54(46-35-19-6-20-36-46)50(42-27-11-2-12-28-42)49(41-25-9-1-10-26-41)51(43-29-13-3-14-30-43)56(57)53(45-33-17-5-18-34-45)52(44-31-15-4-16-32-44)55(58(56)60,47-37-21-7-22-38-47)48-39-23-8-24-40-48/h1-40H. The van der Waals surface area contributed by atoms with Crippen LogP contribution in [-0.4, -0.2) is 11.1 Å². The smallest absolute Gasteiger partial charge is 0.154 e. The Bertz CT molecular complexity index is 2810. The second kappa shape index (κ2) is 16.3. The molecule has 8 aromatic rings. The fourth-order valence-corrected chi connectivity index (χ4v) is 13.3. The van der Waals surface area contributed by atoms with Crippen molar-refractivity contribution < 1.29 is 0 Å². The first-order valence-electron chi connectivity index (χ1n) is 20.6. The maximum absolute atomic E-state index is 4.86. The van der Waals surface area contributed by atoms with Crippen LogP contribution in [0.15, 0.2) is 243 Å². The van der Waals surface area contributed by atoms with Crippen molar-refractivity contribution in [3.63, 3.8) is 0 Å². The molecule has 4 heteroatoms. The van der Waals surface area contributed by atoms with Gasteiger partial charge in [0, 0.05) is 10.5 Å². The highest BCUT2D eigenvalue weighted by atomic mass is 79.9. The Hall–Kier alpha value is -5.93. The van der Waals surface area contributed by atoms with Crippen LogP contribution < -0.4 is 0 Å². The Morgan fingerprint density at radius 3 is 0.983 bits per heavy atom. The zero-order chi connectivity index (χ0) is 40.5. The summed E-state index contributed by atoms with van der Waals surface area (Å²) in [6, 6.07) is 89.2. The third-order valence-electron chi connectivity index (χ3n) is 12.5. The molecular weight excluding hydrogens is 854 g/mol. The Balaban J connectivity index is 1.51. The van der Waals surface area contributed by atoms with Crippen LogP contribution >= 0.6 is 31.5 Å². The van der Waals surface area contributed by atoms with Crippen molar-refractivity contribution in [2.45, 2.75) is 10.5 Å². The van der Waals surface area contributed by atoms with Crippen LogP contribution in [0.2, 0.25) is 5.21 Å². The molecule has 284 valence electrons. The molecule has 0 aromatic heterocycles. The molecule has 0 radical (unpaired) electrons. The Labute approximate surface area is 371 Å². The summed E-state index contributed by atoms with van der Waals surface area (Å²) in [5.41, 5.74) is 16.7. The molecule has 1 unspecified atom stereocenters. The topological polar surface area (TPSA) is 0 Å². The lowest BCUT2D eigenvalue weighted by atomic mass is 9.21. The molecule has 1 spiro atoms. The van der Waals surface area contributed by atoms with Crippen molar-refractivity contribution in [2.75, 3.05) is 0 Å². The van der Waals surface area contributed by atoms with Crippen molar-refractivity contribution in [1.29, 1.82) is 0 Å². The van der Waals surface area contributed by atoms with Gasteiger partial charge < -0.3 is 0 Å². The number of hydrogen-bond acceptors (Lipinski definition) is 0. The van der Waals surface area contributed by atoms with Crippen LogP contribution in [0, 0.1) is 0 Å². The summed E-state index contributed by atoms with van der Waals surface area (Å²) in [5.74, 6) is 0. The van der Waals surface area contributed by atoms with E-state index in [4.69, 9.17) is 31.5 Å². The number of hydrogen-bond donors (Lipinski definition) is 0. The average Bonchev–Trinajstić information content (AvgIpc) is 3.57. The predicted octanol–water partition coefficient (Wildman–Crippen LogP) is 15.0. The first-order chi connectivity index (χ1) is 29.7. The second-order valence-electron chi connectivity index (χ2n) is 15.6. The quantitative estimate of drug-likeness (QED) is 0.133. The molecule has 2 aliphatic heterocycles. The number of benzene rings is 8.